The van der Waals surface area contributed by atoms with Crippen LogP contribution in [0.5, 0.6) is 11.5 Å². The molecule has 0 bridgehead atoms. The SMILES string of the molecule is CC(C)NCC(O)COc1ccc(CC(=O)O)cc1.CC(C)NCC(O)COc1ccc(CC(N)=O)cc1. The lowest BCUT2D eigenvalue weighted by Gasteiger charge is -2.15. The predicted octanol–water partition coefficient (Wildman–Crippen LogP) is 1.50. The molecule has 10 nitrogen and oxygen atoms in total. The van der Waals surface area contributed by atoms with E-state index in [1.54, 1.807) is 48.5 Å². The third-order valence-electron chi connectivity index (χ3n) is 4.99. The molecule has 10 heteroatoms. The van der Waals surface area contributed by atoms with Crippen LogP contribution in [-0.4, -0.2) is 77.8 Å². The number of primary amides is 1. The van der Waals surface area contributed by atoms with Gasteiger partial charge in [-0.2, -0.15) is 0 Å². The fourth-order valence-corrected chi connectivity index (χ4v) is 3.03. The first-order chi connectivity index (χ1) is 17.9. The molecule has 0 aliphatic heterocycles. The minimum absolute atomic E-state index is 0.00120. The Morgan fingerprint density at radius 3 is 1.42 bits per heavy atom. The topological polar surface area (TPSA) is 163 Å². The van der Waals surface area contributed by atoms with Crippen LogP contribution in [0.2, 0.25) is 0 Å². The minimum Gasteiger partial charge on any atom is -0.491 e. The third-order valence-corrected chi connectivity index (χ3v) is 4.99. The van der Waals surface area contributed by atoms with Crippen molar-refractivity contribution in [3.63, 3.8) is 0 Å². The molecule has 0 aromatic heterocycles. The number of amides is 1. The summed E-state index contributed by atoms with van der Waals surface area (Å²) in [5.74, 6) is 0.0715. The number of aliphatic hydroxyl groups is 2. The second-order valence-corrected chi connectivity index (χ2v) is 9.56. The van der Waals surface area contributed by atoms with Gasteiger partial charge in [0.15, 0.2) is 0 Å². The van der Waals surface area contributed by atoms with Gasteiger partial charge in [0, 0.05) is 25.2 Å². The van der Waals surface area contributed by atoms with Crippen LogP contribution in [0.4, 0.5) is 0 Å². The average Bonchev–Trinajstić information content (AvgIpc) is 2.85. The molecule has 0 spiro atoms. The van der Waals surface area contributed by atoms with Gasteiger partial charge < -0.3 is 41.2 Å². The summed E-state index contributed by atoms with van der Waals surface area (Å²) in [6.07, 6.45) is -0.892. The molecule has 0 saturated carbocycles. The summed E-state index contributed by atoms with van der Waals surface area (Å²) in [6.45, 7) is 9.47. The molecule has 0 aliphatic rings. The van der Waals surface area contributed by atoms with Crippen molar-refractivity contribution in [1.82, 2.24) is 10.6 Å². The molecular weight excluding hydrogens is 490 g/mol. The number of nitrogens with one attached hydrogen (secondary N) is 2. The van der Waals surface area contributed by atoms with Crippen molar-refractivity contribution in [2.45, 2.75) is 64.8 Å². The highest BCUT2D eigenvalue weighted by Gasteiger charge is 2.08. The zero-order valence-electron chi connectivity index (χ0n) is 22.7. The first-order valence-electron chi connectivity index (χ1n) is 12.7. The summed E-state index contributed by atoms with van der Waals surface area (Å²) in [6, 6.07) is 14.6. The molecule has 212 valence electrons. The van der Waals surface area contributed by atoms with Crippen LogP contribution in [0.3, 0.4) is 0 Å². The molecule has 7 N–H and O–H groups in total. The Morgan fingerprint density at radius 1 is 0.737 bits per heavy atom. The predicted molar refractivity (Wildman–Crippen MR) is 146 cm³/mol. The number of hydrogen-bond acceptors (Lipinski definition) is 8. The quantitative estimate of drug-likeness (QED) is 0.188. The maximum Gasteiger partial charge on any atom is 0.307 e. The monoisotopic (exact) mass is 533 g/mol. The van der Waals surface area contributed by atoms with Gasteiger partial charge in [0.2, 0.25) is 5.91 Å². The number of aliphatic carboxylic acids is 1. The number of carbonyl (C=O) groups is 2. The molecule has 38 heavy (non-hydrogen) atoms. The summed E-state index contributed by atoms with van der Waals surface area (Å²) in [4.78, 5) is 21.3. The Bertz CT molecular complexity index is 857. The Labute approximate surface area is 225 Å². The van der Waals surface area contributed by atoms with E-state index in [9.17, 15) is 19.8 Å². The first kappa shape index (κ1) is 32.8. The average molecular weight is 534 g/mol. The van der Waals surface area contributed by atoms with Crippen molar-refractivity contribution < 1.29 is 34.4 Å². The van der Waals surface area contributed by atoms with Crippen molar-refractivity contribution in [1.29, 1.82) is 0 Å². The van der Waals surface area contributed by atoms with Gasteiger partial charge in [0.25, 0.3) is 0 Å². The van der Waals surface area contributed by atoms with E-state index in [2.05, 4.69) is 10.6 Å². The Morgan fingerprint density at radius 2 is 1.11 bits per heavy atom. The lowest BCUT2D eigenvalue weighted by atomic mass is 10.1. The minimum atomic E-state index is -0.858. The van der Waals surface area contributed by atoms with Gasteiger partial charge in [-0.1, -0.05) is 52.0 Å². The van der Waals surface area contributed by atoms with Crippen molar-refractivity contribution in [3.05, 3.63) is 59.7 Å². The largest absolute Gasteiger partial charge is 0.491 e. The van der Waals surface area contributed by atoms with Gasteiger partial charge in [-0.25, -0.2) is 0 Å². The molecule has 0 aliphatic carbocycles. The smallest absolute Gasteiger partial charge is 0.307 e. The number of hydrogen-bond donors (Lipinski definition) is 6. The Balaban J connectivity index is 0.000000380. The lowest BCUT2D eigenvalue weighted by molar-refractivity contribution is -0.136. The summed E-state index contributed by atoms with van der Waals surface area (Å²) in [5, 5.41) is 34.2. The van der Waals surface area contributed by atoms with E-state index < -0.39 is 18.2 Å². The fourth-order valence-electron chi connectivity index (χ4n) is 3.03. The van der Waals surface area contributed by atoms with E-state index in [-0.39, 0.29) is 32.0 Å². The van der Waals surface area contributed by atoms with E-state index in [1.165, 1.54) is 0 Å². The van der Waals surface area contributed by atoms with Crippen LogP contribution < -0.4 is 25.8 Å². The van der Waals surface area contributed by atoms with E-state index >= 15 is 0 Å². The van der Waals surface area contributed by atoms with Gasteiger partial charge in [-0.05, 0) is 35.4 Å². The summed E-state index contributed by atoms with van der Waals surface area (Å²) in [7, 11) is 0. The standard InChI is InChI=1S/C14H22N2O3.C14H21NO4/c1-10(2)16-8-12(17)9-19-13-5-3-11(4-6-13)7-14(15)18;1-10(2)15-8-12(16)9-19-13-5-3-11(4-6-13)7-14(17)18/h3-6,10,12,16-17H,7-9H2,1-2H3,(H2,15,18);3-6,10,12,15-16H,7-9H2,1-2H3,(H,17,18). The van der Waals surface area contributed by atoms with Crippen LogP contribution in [-0.2, 0) is 22.4 Å². The van der Waals surface area contributed by atoms with Crippen molar-refractivity contribution >= 4 is 11.9 Å². The van der Waals surface area contributed by atoms with Crippen molar-refractivity contribution in [3.8, 4) is 11.5 Å². The second kappa shape index (κ2) is 18.1. The number of ether oxygens (including phenoxy) is 2. The Kier molecular flexibility index (Phi) is 15.7. The maximum absolute atomic E-state index is 10.7. The first-order valence-corrected chi connectivity index (χ1v) is 12.7. The molecule has 2 aromatic rings. The normalized spacial score (nSPS) is 12.4. The molecule has 0 saturated heterocycles. The number of carboxylic acid groups (broad SMARTS) is 1. The summed E-state index contributed by atoms with van der Waals surface area (Å²) < 4.78 is 10.9. The molecule has 0 heterocycles. The number of carbonyl (C=O) groups excluding carboxylic acids is 1. The van der Waals surface area contributed by atoms with E-state index in [1.807, 2.05) is 27.7 Å². The molecule has 1 amide bonds. The van der Waals surface area contributed by atoms with E-state index in [4.69, 9.17) is 20.3 Å². The third kappa shape index (κ3) is 16.5. The van der Waals surface area contributed by atoms with Crippen LogP contribution in [0.25, 0.3) is 0 Å². The summed E-state index contributed by atoms with van der Waals surface area (Å²) in [5.41, 5.74) is 6.68. The van der Waals surface area contributed by atoms with E-state index in [0.717, 1.165) is 11.1 Å². The Hall–Kier alpha value is -3.18. The maximum atomic E-state index is 10.7. The van der Waals surface area contributed by atoms with Crippen molar-refractivity contribution in [2.75, 3.05) is 26.3 Å². The van der Waals surface area contributed by atoms with Crippen LogP contribution in [0.1, 0.15) is 38.8 Å². The molecule has 2 rings (SSSR count). The van der Waals surface area contributed by atoms with Crippen LogP contribution in [0.15, 0.2) is 48.5 Å². The zero-order valence-corrected chi connectivity index (χ0v) is 22.7. The number of benzene rings is 2. The second-order valence-electron chi connectivity index (χ2n) is 9.56. The van der Waals surface area contributed by atoms with Crippen molar-refractivity contribution in [2.24, 2.45) is 5.73 Å². The molecule has 0 radical (unpaired) electrons. The molecule has 2 atom stereocenters. The molecule has 0 fully saturated rings. The van der Waals surface area contributed by atoms with Crippen LogP contribution >= 0.6 is 0 Å². The summed E-state index contributed by atoms with van der Waals surface area (Å²) >= 11 is 0. The highest BCUT2D eigenvalue weighted by Crippen LogP contribution is 2.14. The number of rotatable bonds is 16. The molecular formula is C28H43N3O7. The number of aliphatic hydroxyl groups excluding tert-OH is 2. The lowest BCUT2D eigenvalue weighted by Crippen LogP contribution is -2.35. The molecule has 2 unspecified atom stereocenters. The highest BCUT2D eigenvalue weighted by molar-refractivity contribution is 5.76. The highest BCUT2D eigenvalue weighted by atomic mass is 16.5. The van der Waals surface area contributed by atoms with E-state index in [0.29, 0.717) is 36.7 Å². The zero-order chi connectivity index (χ0) is 28.5. The fraction of sp³-hybridized carbons (Fsp3) is 0.500. The molecule has 2 aromatic carbocycles. The number of nitrogens with two attached hydrogens (primary N) is 1. The van der Waals surface area contributed by atoms with Gasteiger partial charge in [-0.15, -0.1) is 0 Å². The van der Waals surface area contributed by atoms with Gasteiger partial charge >= 0.3 is 5.97 Å². The van der Waals surface area contributed by atoms with Gasteiger partial charge in [0.1, 0.15) is 36.9 Å². The van der Waals surface area contributed by atoms with Crippen LogP contribution in [0, 0.1) is 0 Å². The van der Waals surface area contributed by atoms with Gasteiger partial charge in [-0.3, -0.25) is 9.59 Å². The number of carboxylic acids is 1. The van der Waals surface area contributed by atoms with Gasteiger partial charge in [0.05, 0.1) is 12.8 Å².